The Morgan fingerprint density at radius 3 is 1.44 bits per heavy atom. The third-order valence-electron chi connectivity index (χ3n) is 0.486. The average Bonchev–Trinajstić information content (AvgIpc) is 1.81. The molecule has 0 bridgehead atoms. The van der Waals surface area contributed by atoms with Crippen LogP contribution in [0.25, 0.3) is 0 Å². The van der Waals surface area contributed by atoms with E-state index in [9.17, 15) is 0 Å². The van der Waals surface area contributed by atoms with Crippen LogP contribution in [0.1, 0.15) is 0 Å². The molecule has 0 atom stereocenters. The predicted molar refractivity (Wildman–Crippen MR) is 46.5 cm³/mol. The molecule has 0 aliphatic rings. The molecule has 0 aliphatic heterocycles. The molecular formula is C4H13ClN2Se2. The van der Waals surface area contributed by atoms with Crippen molar-refractivity contribution in [1.82, 2.24) is 0 Å². The van der Waals surface area contributed by atoms with Gasteiger partial charge in [-0.1, -0.05) is 0 Å². The van der Waals surface area contributed by atoms with Gasteiger partial charge in [-0.3, -0.25) is 0 Å². The fraction of sp³-hybridized carbons (Fsp3) is 1.00. The minimum absolute atomic E-state index is 0. The van der Waals surface area contributed by atoms with Crippen LogP contribution in [-0.2, 0) is 0 Å². The first-order valence-electron chi connectivity index (χ1n) is 2.56. The van der Waals surface area contributed by atoms with Gasteiger partial charge in [0.1, 0.15) is 0 Å². The van der Waals surface area contributed by atoms with Crippen LogP contribution in [0.4, 0.5) is 0 Å². The van der Waals surface area contributed by atoms with Crippen molar-refractivity contribution < 1.29 is 0 Å². The molecule has 0 heterocycles. The SMILES string of the molecule is Cl.NCC[Se][Se]CCN. The zero-order valence-corrected chi connectivity index (χ0v) is 9.45. The van der Waals surface area contributed by atoms with Gasteiger partial charge in [0, 0.05) is 0 Å². The maximum absolute atomic E-state index is 5.31. The van der Waals surface area contributed by atoms with E-state index in [1.54, 1.807) is 0 Å². The van der Waals surface area contributed by atoms with Crippen LogP contribution in [0, 0.1) is 0 Å². The Balaban J connectivity index is 0. The molecule has 0 rings (SSSR count). The summed E-state index contributed by atoms with van der Waals surface area (Å²) in [7, 11) is 0. The topological polar surface area (TPSA) is 52.0 Å². The number of rotatable bonds is 5. The Kier molecular flexibility index (Phi) is 17.1. The molecule has 0 saturated heterocycles. The summed E-state index contributed by atoms with van der Waals surface area (Å²) in [5.74, 6) is 0. The van der Waals surface area contributed by atoms with Crippen LogP contribution in [0.3, 0.4) is 0 Å². The van der Waals surface area contributed by atoms with Gasteiger partial charge in [-0.05, 0) is 0 Å². The van der Waals surface area contributed by atoms with Crippen LogP contribution in [0.2, 0.25) is 10.6 Å². The van der Waals surface area contributed by atoms with E-state index in [0.717, 1.165) is 39.4 Å². The summed E-state index contributed by atoms with van der Waals surface area (Å²) >= 11 is 1.67. The molecule has 2 nitrogen and oxygen atoms in total. The third-order valence-corrected chi connectivity index (χ3v) is 7.97. The minimum atomic E-state index is 0. The average molecular weight is 283 g/mol. The van der Waals surface area contributed by atoms with E-state index in [1.165, 1.54) is 10.6 Å². The molecule has 9 heavy (non-hydrogen) atoms. The standard InChI is InChI=1S/C4H12N2Se2.ClH/c5-1-3-7-8-4-2-6;/h1-6H2;1H. The first-order chi connectivity index (χ1) is 3.91. The summed E-state index contributed by atoms with van der Waals surface area (Å²) in [4.78, 5) is 0. The number of hydrogen-bond donors (Lipinski definition) is 2. The van der Waals surface area contributed by atoms with Crippen molar-refractivity contribution >= 4 is 38.7 Å². The Hall–Kier alpha value is 1.25. The Morgan fingerprint density at radius 2 is 1.22 bits per heavy atom. The van der Waals surface area contributed by atoms with E-state index in [1.807, 2.05) is 0 Å². The van der Waals surface area contributed by atoms with Gasteiger partial charge < -0.3 is 0 Å². The molecule has 5 heteroatoms. The third kappa shape index (κ3) is 12.4. The van der Waals surface area contributed by atoms with Crippen molar-refractivity contribution in [2.24, 2.45) is 11.5 Å². The van der Waals surface area contributed by atoms with Crippen molar-refractivity contribution in [2.45, 2.75) is 10.6 Å². The van der Waals surface area contributed by atoms with Crippen LogP contribution in [-0.4, -0.2) is 39.4 Å². The normalized spacial score (nSPS) is 8.67. The molecule has 58 valence electrons. The molecule has 0 fully saturated rings. The summed E-state index contributed by atoms with van der Waals surface area (Å²) in [6.45, 7) is 1.73. The monoisotopic (exact) mass is 284 g/mol. The number of nitrogens with two attached hydrogens (primary N) is 2. The summed E-state index contributed by atoms with van der Waals surface area (Å²) < 4.78 is 0. The van der Waals surface area contributed by atoms with Gasteiger partial charge in [-0.25, -0.2) is 0 Å². The van der Waals surface area contributed by atoms with Crippen molar-refractivity contribution in [3.8, 4) is 0 Å². The summed E-state index contributed by atoms with van der Waals surface area (Å²) in [5, 5.41) is 2.49. The Morgan fingerprint density at radius 1 is 0.889 bits per heavy atom. The molecule has 0 aromatic carbocycles. The molecule has 0 aromatic rings. The molecule has 0 amide bonds. The van der Waals surface area contributed by atoms with Crippen LogP contribution in [0.15, 0.2) is 0 Å². The van der Waals surface area contributed by atoms with Gasteiger partial charge in [-0.2, -0.15) is 0 Å². The van der Waals surface area contributed by atoms with E-state index in [0.29, 0.717) is 0 Å². The Bertz CT molecular complexity index is 41.5. The van der Waals surface area contributed by atoms with E-state index in [4.69, 9.17) is 11.5 Å². The van der Waals surface area contributed by atoms with Crippen LogP contribution in [0.5, 0.6) is 0 Å². The van der Waals surface area contributed by atoms with Gasteiger partial charge in [-0.15, -0.1) is 12.4 Å². The number of hydrogen-bond acceptors (Lipinski definition) is 2. The summed E-state index contributed by atoms with van der Waals surface area (Å²) in [5.41, 5.74) is 10.6. The zero-order valence-electron chi connectivity index (χ0n) is 5.21. The molecule has 0 aromatic heterocycles. The summed E-state index contributed by atoms with van der Waals surface area (Å²) in [6.07, 6.45) is 0. The number of halogens is 1. The molecule has 0 unspecified atom stereocenters. The van der Waals surface area contributed by atoms with Gasteiger partial charge in [0.25, 0.3) is 0 Å². The van der Waals surface area contributed by atoms with E-state index in [-0.39, 0.29) is 12.4 Å². The van der Waals surface area contributed by atoms with Gasteiger partial charge >= 0.3 is 61.5 Å². The predicted octanol–water partition coefficient (Wildman–Crippen LogP) is -0.514. The van der Waals surface area contributed by atoms with Crippen molar-refractivity contribution in [3.05, 3.63) is 0 Å². The van der Waals surface area contributed by atoms with Crippen molar-refractivity contribution in [1.29, 1.82) is 0 Å². The fourth-order valence-corrected chi connectivity index (χ4v) is 5.78. The first kappa shape index (κ1) is 12.9. The van der Waals surface area contributed by atoms with Gasteiger partial charge in [0.05, 0.1) is 0 Å². The van der Waals surface area contributed by atoms with E-state index in [2.05, 4.69) is 0 Å². The quantitative estimate of drug-likeness (QED) is 0.527. The summed E-state index contributed by atoms with van der Waals surface area (Å²) in [6, 6.07) is 0. The van der Waals surface area contributed by atoms with E-state index >= 15 is 0 Å². The molecule has 0 aliphatic carbocycles. The molecule has 0 saturated carbocycles. The maximum atomic E-state index is 5.31. The Labute approximate surface area is 73.8 Å². The van der Waals surface area contributed by atoms with Crippen LogP contribution >= 0.6 is 12.4 Å². The zero-order chi connectivity index (χ0) is 6.24. The van der Waals surface area contributed by atoms with Crippen LogP contribution < -0.4 is 11.5 Å². The van der Waals surface area contributed by atoms with Crippen molar-refractivity contribution in [2.75, 3.05) is 13.1 Å². The fourth-order valence-electron chi connectivity index (χ4n) is 0.214. The molecule has 0 spiro atoms. The van der Waals surface area contributed by atoms with E-state index < -0.39 is 0 Å². The molecule has 4 N–H and O–H groups in total. The molecule has 0 radical (unpaired) electrons. The van der Waals surface area contributed by atoms with Gasteiger partial charge in [0.2, 0.25) is 0 Å². The molecular weight excluding hydrogens is 269 g/mol. The second-order valence-electron chi connectivity index (χ2n) is 1.22. The second kappa shape index (κ2) is 12.0. The van der Waals surface area contributed by atoms with Gasteiger partial charge in [0.15, 0.2) is 0 Å². The van der Waals surface area contributed by atoms with Crippen molar-refractivity contribution in [3.63, 3.8) is 0 Å². The second-order valence-corrected chi connectivity index (χ2v) is 9.06. The first-order valence-corrected chi connectivity index (χ1v) is 9.32.